The Morgan fingerprint density at radius 1 is 0.846 bits per heavy atom. The molecule has 2 aromatic carbocycles. The number of hydrogen-bond donors (Lipinski definition) is 0. The van der Waals surface area contributed by atoms with Gasteiger partial charge in [-0.25, -0.2) is 0 Å². The van der Waals surface area contributed by atoms with Crippen LogP contribution in [0.25, 0.3) is 0 Å². The van der Waals surface area contributed by atoms with Crippen LogP contribution in [-0.4, -0.2) is 56.7 Å². The van der Waals surface area contributed by atoms with Crippen molar-refractivity contribution in [1.29, 1.82) is 0 Å². The number of carbonyl (C=O) groups is 1. The number of morpholine rings is 1. The highest BCUT2D eigenvalue weighted by atomic mass is 16.5. The van der Waals surface area contributed by atoms with E-state index in [4.69, 9.17) is 4.74 Å². The van der Waals surface area contributed by atoms with E-state index in [2.05, 4.69) is 46.2 Å². The van der Waals surface area contributed by atoms with Crippen molar-refractivity contribution in [2.75, 3.05) is 55.7 Å². The van der Waals surface area contributed by atoms with Crippen molar-refractivity contribution in [2.45, 2.75) is 6.42 Å². The van der Waals surface area contributed by atoms with Crippen LogP contribution in [0.4, 0.5) is 17.1 Å². The van der Waals surface area contributed by atoms with Crippen molar-refractivity contribution in [3.05, 3.63) is 54.6 Å². The second-order valence-corrected chi connectivity index (χ2v) is 6.73. The number of benzene rings is 2. The molecule has 0 aromatic heterocycles. The zero-order valence-corrected chi connectivity index (χ0v) is 15.0. The highest BCUT2D eigenvalue weighted by Crippen LogP contribution is 2.37. The van der Waals surface area contributed by atoms with E-state index in [0.717, 1.165) is 50.8 Å². The smallest absolute Gasteiger partial charge is 0.228 e. The van der Waals surface area contributed by atoms with Crippen molar-refractivity contribution in [3.8, 4) is 0 Å². The van der Waals surface area contributed by atoms with Crippen molar-refractivity contribution in [2.24, 2.45) is 0 Å². The van der Waals surface area contributed by atoms with Crippen molar-refractivity contribution < 1.29 is 9.53 Å². The molecule has 2 aromatic rings. The average molecular weight is 351 g/mol. The summed E-state index contributed by atoms with van der Waals surface area (Å²) in [7, 11) is 0. The molecule has 4 rings (SSSR count). The Hall–Kier alpha value is -2.37. The van der Waals surface area contributed by atoms with Gasteiger partial charge in [-0.2, -0.15) is 0 Å². The number of rotatable bonds is 4. The summed E-state index contributed by atoms with van der Waals surface area (Å²) in [6, 6.07) is 18.6. The summed E-state index contributed by atoms with van der Waals surface area (Å²) in [4.78, 5) is 19.5. The molecule has 0 N–H and O–H groups in total. The fraction of sp³-hybridized carbons (Fsp3) is 0.381. The van der Waals surface area contributed by atoms with Gasteiger partial charge in [0.1, 0.15) is 0 Å². The third-order valence-corrected chi connectivity index (χ3v) is 5.13. The van der Waals surface area contributed by atoms with Gasteiger partial charge in [0.2, 0.25) is 5.91 Å². The molecule has 0 spiro atoms. The monoisotopic (exact) mass is 351 g/mol. The standard InChI is InChI=1S/C21H25N3O2/c25-21(10-11-22-14-16-26-17-15-22)24-13-12-23(18-6-2-1-3-7-18)19-8-4-5-9-20(19)24/h1-9H,10-17H2. The molecular formula is C21H25N3O2. The molecule has 2 heterocycles. The summed E-state index contributed by atoms with van der Waals surface area (Å²) in [5, 5.41) is 0. The summed E-state index contributed by atoms with van der Waals surface area (Å²) in [5.74, 6) is 0.205. The second-order valence-electron chi connectivity index (χ2n) is 6.73. The van der Waals surface area contributed by atoms with E-state index in [9.17, 15) is 4.79 Å². The van der Waals surface area contributed by atoms with Gasteiger partial charge >= 0.3 is 0 Å². The molecule has 5 nitrogen and oxygen atoms in total. The summed E-state index contributed by atoms with van der Waals surface area (Å²) in [6.07, 6.45) is 0.555. The number of nitrogens with zero attached hydrogens (tertiary/aromatic N) is 3. The van der Waals surface area contributed by atoms with Gasteiger partial charge in [-0.3, -0.25) is 9.69 Å². The molecule has 0 bridgehead atoms. The zero-order valence-electron chi connectivity index (χ0n) is 15.0. The molecule has 5 heteroatoms. The van der Waals surface area contributed by atoms with Crippen LogP contribution in [-0.2, 0) is 9.53 Å². The first-order valence-electron chi connectivity index (χ1n) is 9.35. The fourth-order valence-electron chi connectivity index (χ4n) is 3.71. The topological polar surface area (TPSA) is 36.0 Å². The van der Waals surface area contributed by atoms with Crippen LogP contribution in [0.2, 0.25) is 0 Å². The molecule has 136 valence electrons. The van der Waals surface area contributed by atoms with E-state index >= 15 is 0 Å². The molecule has 1 saturated heterocycles. The number of carbonyl (C=O) groups excluding carboxylic acids is 1. The average Bonchev–Trinajstić information content (AvgIpc) is 2.72. The maximum atomic E-state index is 12.9. The molecule has 26 heavy (non-hydrogen) atoms. The first kappa shape index (κ1) is 17.1. The van der Waals surface area contributed by atoms with Gasteiger partial charge < -0.3 is 14.5 Å². The minimum atomic E-state index is 0.205. The zero-order chi connectivity index (χ0) is 17.8. The van der Waals surface area contributed by atoms with Crippen LogP contribution >= 0.6 is 0 Å². The van der Waals surface area contributed by atoms with Gasteiger partial charge in [0.25, 0.3) is 0 Å². The van der Waals surface area contributed by atoms with E-state index in [1.807, 2.05) is 23.1 Å². The first-order valence-corrected chi connectivity index (χ1v) is 9.35. The number of amides is 1. The predicted molar refractivity (Wildman–Crippen MR) is 104 cm³/mol. The highest BCUT2D eigenvalue weighted by Gasteiger charge is 2.27. The Kier molecular flexibility index (Phi) is 5.18. The van der Waals surface area contributed by atoms with Crippen LogP contribution in [0.1, 0.15) is 6.42 Å². The molecule has 0 unspecified atom stereocenters. The van der Waals surface area contributed by atoms with Crippen molar-refractivity contribution in [3.63, 3.8) is 0 Å². The van der Waals surface area contributed by atoms with E-state index in [0.29, 0.717) is 13.0 Å². The predicted octanol–water partition coefficient (Wildman–Crippen LogP) is 2.89. The van der Waals surface area contributed by atoms with E-state index in [1.165, 1.54) is 5.69 Å². The van der Waals surface area contributed by atoms with Gasteiger partial charge in [-0.1, -0.05) is 30.3 Å². The third kappa shape index (κ3) is 3.59. The van der Waals surface area contributed by atoms with Gasteiger partial charge in [-0.05, 0) is 24.3 Å². The molecule has 2 aliphatic rings. The molecule has 2 aliphatic heterocycles. The maximum absolute atomic E-state index is 12.9. The van der Waals surface area contributed by atoms with Crippen molar-refractivity contribution in [1.82, 2.24) is 4.90 Å². The summed E-state index contributed by atoms with van der Waals surface area (Å²) in [5.41, 5.74) is 3.28. The number of hydrogen-bond acceptors (Lipinski definition) is 4. The Morgan fingerprint density at radius 3 is 2.31 bits per heavy atom. The van der Waals surface area contributed by atoms with Crippen LogP contribution < -0.4 is 9.80 Å². The molecule has 1 amide bonds. The van der Waals surface area contributed by atoms with Gasteiger partial charge in [-0.15, -0.1) is 0 Å². The molecule has 1 fully saturated rings. The number of anilines is 3. The first-order chi connectivity index (χ1) is 12.8. The van der Waals surface area contributed by atoms with Gasteiger partial charge in [0, 0.05) is 44.8 Å². The number of fused-ring (bicyclic) bond motifs is 1. The SMILES string of the molecule is O=C(CCN1CCOCC1)N1CCN(c2ccccc2)c2ccccc21. The van der Waals surface area contributed by atoms with Crippen LogP contribution in [0.5, 0.6) is 0 Å². The molecule has 0 saturated carbocycles. The van der Waals surface area contributed by atoms with Crippen molar-refractivity contribution >= 4 is 23.0 Å². The second kappa shape index (κ2) is 7.89. The summed E-state index contributed by atoms with van der Waals surface area (Å²) >= 11 is 0. The fourth-order valence-corrected chi connectivity index (χ4v) is 3.71. The van der Waals surface area contributed by atoms with Gasteiger partial charge in [0.05, 0.1) is 24.6 Å². The Balaban J connectivity index is 1.49. The molecule has 0 radical (unpaired) electrons. The largest absolute Gasteiger partial charge is 0.379 e. The Labute approximate surface area is 154 Å². The lowest BCUT2D eigenvalue weighted by molar-refractivity contribution is -0.119. The normalized spacial score (nSPS) is 17.8. The lowest BCUT2D eigenvalue weighted by atomic mass is 10.1. The quantitative estimate of drug-likeness (QED) is 0.849. The lowest BCUT2D eigenvalue weighted by Crippen LogP contribution is -2.44. The third-order valence-electron chi connectivity index (χ3n) is 5.13. The summed E-state index contributed by atoms with van der Waals surface area (Å²) < 4.78 is 5.38. The van der Waals surface area contributed by atoms with E-state index in [1.54, 1.807) is 0 Å². The number of ether oxygens (including phenoxy) is 1. The van der Waals surface area contributed by atoms with Crippen LogP contribution in [0.3, 0.4) is 0 Å². The molecular weight excluding hydrogens is 326 g/mol. The van der Waals surface area contributed by atoms with E-state index in [-0.39, 0.29) is 5.91 Å². The maximum Gasteiger partial charge on any atom is 0.228 e. The highest BCUT2D eigenvalue weighted by molar-refractivity contribution is 5.98. The minimum absolute atomic E-state index is 0.205. The molecule has 0 aliphatic carbocycles. The molecule has 0 atom stereocenters. The summed E-state index contributed by atoms with van der Waals surface area (Å²) in [6.45, 7) is 5.72. The Morgan fingerprint density at radius 2 is 1.54 bits per heavy atom. The van der Waals surface area contributed by atoms with Gasteiger partial charge in [0.15, 0.2) is 0 Å². The van der Waals surface area contributed by atoms with E-state index < -0.39 is 0 Å². The Bertz CT molecular complexity index is 744. The lowest BCUT2D eigenvalue weighted by Gasteiger charge is -2.38. The van der Waals surface area contributed by atoms with Crippen LogP contribution in [0, 0.1) is 0 Å². The number of para-hydroxylation sites is 3. The van der Waals surface area contributed by atoms with Crippen LogP contribution in [0.15, 0.2) is 54.6 Å². The minimum Gasteiger partial charge on any atom is -0.379 e.